The topological polar surface area (TPSA) is 58.2 Å². The molecule has 0 atom stereocenters. The number of hydrogen-bond acceptors (Lipinski definition) is 2. The minimum absolute atomic E-state index is 0.0402. The van der Waals surface area contributed by atoms with Crippen LogP contribution in [0.3, 0.4) is 0 Å². The van der Waals surface area contributed by atoms with E-state index in [1.807, 2.05) is 0 Å². The van der Waals surface area contributed by atoms with Gasteiger partial charge in [0.2, 0.25) is 5.91 Å². The van der Waals surface area contributed by atoms with E-state index >= 15 is 0 Å². The molecule has 1 aliphatic heterocycles. The summed E-state index contributed by atoms with van der Waals surface area (Å²) in [5.74, 6) is -0.599. The maximum atomic E-state index is 11.6. The van der Waals surface area contributed by atoms with Crippen LogP contribution in [0.4, 0.5) is 5.69 Å². The van der Waals surface area contributed by atoms with Crippen LogP contribution in [0.1, 0.15) is 10.4 Å². The third-order valence-electron chi connectivity index (χ3n) is 1.97. The number of fused-ring (bicyclic) bond motifs is 1. The molecule has 1 aromatic rings. The number of halogens is 2. The molecule has 2 rings (SSSR count). The number of carbonyl (C=O) groups excluding carboxylic acids is 2. The molecule has 4 nitrogen and oxygen atoms in total. The number of rotatable bonds is 0. The van der Waals surface area contributed by atoms with Crippen LogP contribution in [0.2, 0.25) is 5.02 Å². The standard InChI is InChI=1S/C9H6BrClN2O2/c10-4-1-5-8(6(11)2-4)13-7(14)3-12-9(5)15/h1-2H,3H2,(H,12,15)(H,13,14). The summed E-state index contributed by atoms with van der Waals surface area (Å²) in [4.78, 5) is 22.8. The lowest BCUT2D eigenvalue weighted by molar-refractivity contribution is -0.115. The highest BCUT2D eigenvalue weighted by atomic mass is 79.9. The van der Waals surface area contributed by atoms with Crippen LogP contribution in [0.25, 0.3) is 0 Å². The van der Waals surface area contributed by atoms with E-state index in [0.717, 1.165) is 0 Å². The summed E-state index contributed by atoms with van der Waals surface area (Å²) in [6.45, 7) is -0.0402. The summed E-state index contributed by atoms with van der Waals surface area (Å²) in [5.41, 5.74) is 0.722. The van der Waals surface area contributed by atoms with Crippen LogP contribution in [0, 0.1) is 0 Å². The molecule has 1 heterocycles. The average Bonchev–Trinajstić information content (AvgIpc) is 2.30. The van der Waals surface area contributed by atoms with Gasteiger partial charge in [-0.15, -0.1) is 0 Å². The molecule has 6 heteroatoms. The van der Waals surface area contributed by atoms with Gasteiger partial charge in [0.05, 0.1) is 22.8 Å². The molecule has 0 spiro atoms. The van der Waals surface area contributed by atoms with Crippen molar-refractivity contribution in [2.45, 2.75) is 0 Å². The quantitative estimate of drug-likeness (QED) is 0.765. The van der Waals surface area contributed by atoms with Crippen molar-refractivity contribution in [3.63, 3.8) is 0 Å². The molecule has 78 valence electrons. The van der Waals surface area contributed by atoms with Crippen molar-refractivity contribution in [1.29, 1.82) is 0 Å². The second-order valence-corrected chi connectivity index (χ2v) is 4.36. The molecule has 2 N–H and O–H groups in total. The number of anilines is 1. The van der Waals surface area contributed by atoms with Gasteiger partial charge in [0.25, 0.3) is 5.91 Å². The summed E-state index contributed by atoms with van der Waals surface area (Å²) in [5, 5.41) is 5.39. The van der Waals surface area contributed by atoms with E-state index in [4.69, 9.17) is 11.6 Å². The Morgan fingerprint density at radius 1 is 1.33 bits per heavy atom. The fourth-order valence-corrected chi connectivity index (χ4v) is 2.18. The van der Waals surface area contributed by atoms with E-state index in [2.05, 4.69) is 26.6 Å². The Hall–Kier alpha value is -1.07. The smallest absolute Gasteiger partial charge is 0.253 e. The highest BCUT2D eigenvalue weighted by Gasteiger charge is 2.21. The van der Waals surface area contributed by atoms with Gasteiger partial charge in [-0.2, -0.15) is 0 Å². The van der Waals surface area contributed by atoms with E-state index < -0.39 is 0 Å². The van der Waals surface area contributed by atoms with Crippen LogP contribution in [-0.4, -0.2) is 18.4 Å². The lowest BCUT2D eigenvalue weighted by Gasteiger charge is -2.07. The van der Waals surface area contributed by atoms with Crippen LogP contribution in [-0.2, 0) is 4.79 Å². The lowest BCUT2D eigenvalue weighted by Crippen LogP contribution is -2.28. The van der Waals surface area contributed by atoms with Crippen molar-refractivity contribution in [2.24, 2.45) is 0 Å². The van der Waals surface area contributed by atoms with Gasteiger partial charge in [-0.3, -0.25) is 9.59 Å². The van der Waals surface area contributed by atoms with E-state index in [1.165, 1.54) is 0 Å². The van der Waals surface area contributed by atoms with Crippen molar-refractivity contribution in [2.75, 3.05) is 11.9 Å². The molecular weight excluding hydrogens is 283 g/mol. The molecule has 0 saturated carbocycles. The normalized spacial score (nSPS) is 15.1. The molecule has 1 aromatic carbocycles. The van der Waals surface area contributed by atoms with Gasteiger partial charge >= 0.3 is 0 Å². The van der Waals surface area contributed by atoms with E-state index in [1.54, 1.807) is 12.1 Å². The van der Waals surface area contributed by atoms with Gasteiger partial charge in [0.15, 0.2) is 0 Å². The number of nitrogens with one attached hydrogen (secondary N) is 2. The Bertz CT molecular complexity index is 462. The largest absolute Gasteiger partial charge is 0.343 e. The summed E-state index contributed by atoms with van der Waals surface area (Å²) in [7, 11) is 0. The fraction of sp³-hybridized carbons (Fsp3) is 0.111. The van der Waals surface area contributed by atoms with Gasteiger partial charge in [-0.25, -0.2) is 0 Å². The highest BCUT2D eigenvalue weighted by molar-refractivity contribution is 9.10. The summed E-state index contributed by atoms with van der Waals surface area (Å²) in [6.07, 6.45) is 0. The first-order valence-electron chi connectivity index (χ1n) is 4.15. The Balaban J connectivity index is 2.61. The van der Waals surface area contributed by atoms with Crippen LogP contribution < -0.4 is 10.6 Å². The molecule has 0 fully saturated rings. The Morgan fingerprint density at radius 2 is 2.07 bits per heavy atom. The fourth-order valence-electron chi connectivity index (χ4n) is 1.32. The maximum Gasteiger partial charge on any atom is 0.253 e. The number of carbonyl (C=O) groups is 2. The molecule has 2 amide bonds. The third kappa shape index (κ3) is 1.98. The Kier molecular flexibility index (Phi) is 2.67. The van der Waals surface area contributed by atoms with E-state index in [0.29, 0.717) is 20.7 Å². The summed E-state index contributed by atoms with van der Waals surface area (Å²) in [6, 6.07) is 3.24. The molecule has 0 radical (unpaired) electrons. The molecular formula is C9H6BrClN2O2. The van der Waals surface area contributed by atoms with E-state index in [9.17, 15) is 9.59 Å². The summed E-state index contributed by atoms with van der Waals surface area (Å²) < 4.78 is 0.692. The minimum atomic E-state index is -0.313. The molecule has 0 saturated heterocycles. The first-order chi connectivity index (χ1) is 7.08. The second kappa shape index (κ2) is 3.83. The maximum absolute atomic E-state index is 11.6. The zero-order valence-corrected chi connectivity index (χ0v) is 9.78. The molecule has 0 aliphatic carbocycles. The molecule has 1 aliphatic rings. The van der Waals surface area contributed by atoms with E-state index in [-0.39, 0.29) is 18.4 Å². The van der Waals surface area contributed by atoms with Gasteiger partial charge in [0, 0.05) is 4.47 Å². The van der Waals surface area contributed by atoms with Crippen molar-refractivity contribution in [3.05, 3.63) is 27.2 Å². The van der Waals surface area contributed by atoms with Crippen molar-refractivity contribution >= 4 is 45.0 Å². The minimum Gasteiger partial charge on any atom is -0.343 e. The molecule has 15 heavy (non-hydrogen) atoms. The Labute approximate surface area is 99.1 Å². The predicted molar refractivity (Wildman–Crippen MR) is 60.1 cm³/mol. The second-order valence-electron chi connectivity index (χ2n) is 3.04. The monoisotopic (exact) mass is 288 g/mol. The lowest BCUT2D eigenvalue weighted by atomic mass is 10.1. The zero-order valence-electron chi connectivity index (χ0n) is 7.43. The Morgan fingerprint density at radius 3 is 2.80 bits per heavy atom. The summed E-state index contributed by atoms with van der Waals surface area (Å²) >= 11 is 9.16. The third-order valence-corrected chi connectivity index (χ3v) is 2.73. The van der Waals surface area contributed by atoms with Crippen molar-refractivity contribution in [1.82, 2.24) is 5.32 Å². The SMILES string of the molecule is O=C1CNC(=O)c2cc(Br)cc(Cl)c2N1. The first kappa shape index (κ1) is 10.4. The van der Waals surface area contributed by atoms with Gasteiger partial charge in [0.1, 0.15) is 0 Å². The highest BCUT2D eigenvalue weighted by Crippen LogP contribution is 2.31. The van der Waals surface area contributed by atoms with Crippen LogP contribution in [0.15, 0.2) is 16.6 Å². The number of hydrogen-bond donors (Lipinski definition) is 2. The van der Waals surface area contributed by atoms with Crippen molar-refractivity contribution < 1.29 is 9.59 Å². The first-order valence-corrected chi connectivity index (χ1v) is 5.32. The number of benzene rings is 1. The van der Waals surface area contributed by atoms with Gasteiger partial charge in [-0.05, 0) is 12.1 Å². The van der Waals surface area contributed by atoms with Crippen molar-refractivity contribution in [3.8, 4) is 0 Å². The number of amides is 2. The van der Waals surface area contributed by atoms with Gasteiger partial charge in [-0.1, -0.05) is 27.5 Å². The average molecular weight is 290 g/mol. The zero-order chi connectivity index (χ0) is 11.0. The predicted octanol–water partition coefficient (Wildman–Crippen LogP) is 1.78. The molecule has 0 unspecified atom stereocenters. The molecule has 0 aromatic heterocycles. The van der Waals surface area contributed by atoms with Gasteiger partial charge < -0.3 is 10.6 Å². The van der Waals surface area contributed by atoms with Crippen LogP contribution >= 0.6 is 27.5 Å². The van der Waals surface area contributed by atoms with Crippen LogP contribution in [0.5, 0.6) is 0 Å². The molecule has 0 bridgehead atoms.